The molecule has 1 rings (SSSR count). The second-order valence-corrected chi connectivity index (χ2v) is 5.87. The lowest BCUT2D eigenvalue weighted by molar-refractivity contribution is 0.0536. The van der Waals surface area contributed by atoms with Crippen LogP contribution >= 0.6 is 67.8 Å². The van der Waals surface area contributed by atoms with E-state index in [9.17, 15) is 4.79 Å². The summed E-state index contributed by atoms with van der Waals surface area (Å²) in [7, 11) is 1.42. The van der Waals surface area contributed by atoms with Crippen LogP contribution in [0.4, 0.5) is 0 Å². The number of halogens is 3. The molecule has 0 aliphatic heterocycles. The average molecular weight is 529 g/mol. The van der Waals surface area contributed by atoms with Crippen molar-refractivity contribution in [3.63, 3.8) is 0 Å². The van der Waals surface area contributed by atoms with E-state index in [1.54, 1.807) is 0 Å². The maximum atomic E-state index is 11.5. The van der Waals surface area contributed by atoms with Crippen molar-refractivity contribution in [1.82, 2.24) is 5.48 Å². The van der Waals surface area contributed by atoms with E-state index in [4.69, 9.17) is 0 Å². The molecule has 1 N–H and O–H groups in total. The minimum Gasteiger partial charge on any atom is -0.277 e. The van der Waals surface area contributed by atoms with Gasteiger partial charge in [0.2, 0.25) is 0 Å². The van der Waals surface area contributed by atoms with E-state index in [0.717, 1.165) is 10.7 Å². The van der Waals surface area contributed by atoms with E-state index in [0.29, 0.717) is 5.56 Å². The van der Waals surface area contributed by atoms with Gasteiger partial charge >= 0.3 is 0 Å². The first kappa shape index (κ1) is 12.9. The van der Waals surface area contributed by atoms with Crippen LogP contribution in [0.5, 0.6) is 0 Å². The summed E-state index contributed by atoms with van der Waals surface area (Å²) in [4.78, 5) is 16.1. The number of nitrogens with one attached hydrogen (secondary N) is 1. The zero-order valence-corrected chi connectivity index (χ0v) is 13.6. The molecule has 0 radical (unpaired) electrons. The highest BCUT2D eigenvalue weighted by molar-refractivity contribution is 14.1. The topological polar surface area (TPSA) is 38.3 Å². The molecule has 76 valence electrons. The Morgan fingerprint density at radius 1 is 1.36 bits per heavy atom. The lowest BCUT2D eigenvalue weighted by atomic mass is 10.2. The summed E-state index contributed by atoms with van der Waals surface area (Å²) in [5.74, 6) is -0.215. The van der Waals surface area contributed by atoms with E-state index in [1.807, 2.05) is 12.1 Å². The molecule has 0 aliphatic rings. The van der Waals surface area contributed by atoms with E-state index in [1.165, 1.54) is 7.11 Å². The van der Waals surface area contributed by atoms with Crippen molar-refractivity contribution in [2.75, 3.05) is 7.11 Å². The molecule has 0 saturated carbocycles. The van der Waals surface area contributed by atoms with Gasteiger partial charge in [-0.05, 0) is 79.9 Å². The number of hydrogen-bond acceptors (Lipinski definition) is 2. The Kier molecular flexibility index (Phi) is 5.34. The second-order valence-electron chi connectivity index (χ2n) is 2.38. The van der Waals surface area contributed by atoms with Gasteiger partial charge < -0.3 is 0 Å². The zero-order chi connectivity index (χ0) is 10.7. The first-order chi connectivity index (χ1) is 6.56. The minimum absolute atomic E-state index is 0.215. The highest BCUT2D eigenvalue weighted by Crippen LogP contribution is 2.22. The Balaban J connectivity index is 3.13. The van der Waals surface area contributed by atoms with Gasteiger partial charge in [0.05, 0.1) is 12.7 Å². The van der Waals surface area contributed by atoms with Crippen LogP contribution in [0.2, 0.25) is 0 Å². The number of carbonyl (C=O) groups is 1. The maximum Gasteiger partial charge on any atom is 0.275 e. The lowest BCUT2D eigenvalue weighted by Crippen LogP contribution is -2.23. The van der Waals surface area contributed by atoms with Crippen LogP contribution in [-0.2, 0) is 4.84 Å². The van der Waals surface area contributed by atoms with Gasteiger partial charge in [-0.15, -0.1) is 0 Å². The molecule has 0 aromatic heterocycles. The molecule has 1 aromatic carbocycles. The molecule has 0 unspecified atom stereocenters. The minimum atomic E-state index is -0.215. The zero-order valence-electron chi connectivity index (χ0n) is 7.11. The quantitative estimate of drug-likeness (QED) is 0.364. The highest BCUT2D eigenvalue weighted by atomic mass is 127. The maximum absolute atomic E-state index is 11.5. The molecular weight excluding hydrogens is 523 g/mol. The fourth-order valence-electron chi connectivity index (χ4n) is 0.869. The number of amides is 1. The Morgan fingerprint density at radius 3 is 2.57 bits per heavy atom. The standard InChI is InChI=1S/C8H6I3NO2/c1-14-12-8(13)5-2-4(9)3-6(10)7(5)11/h2-3H,1H3,(H,12,13). The summed E-state index contributed by atoms with van der Waals surface area (Å²) in [6.45, 7) is 0. The third-order valence-corrected chi connectivity index (χ3v) is 5.10. The molecule has 3 nitrogen and oxygen atoms in total. The third-order valence-electron chi connectivity index (χ3n) is 1.43. The van der Waals surface area contributed by atoms with Gasteiger partial charge in [-0.2, -0.15) is 0 Å². The molecule has 1 amide bonds. The van der Waals surface area contributed by atoms with Gasteiger partial charge in [0.15, 0.2) is 0 Å². The van der Waals surface area contributed by atoms with E-state index in [2.05, 4.69) is 78.1 Å². The van der Waals surface area contributed by atoms with Gasteiger partial charge in [0.1, 0.15) is 0 Å². The summed E-state index contributed by atoms with van der Waals surface area (Å²) in [6.07, 6.45) is 0. The molecule has 0 atom stereocenters. The van der Waals surface area contributed by atoms with Crippen molar-refractivity contribution in [1.29, 1.82) is 0 Å². The first-order valence-electron chi connectivity index (χ1n) is 3.54. The fourth-order valence-corrected chi connectivity index (χ4v) is 3.27. The number of carbonyl (C=O) groups excluding carboxylic acids is 1. The lowest BCUT2D eigenvalue weighted by Gasteiger charge is -2.06. The Labute approximate surface area is 123 Å². The van der Waals surface area contributed by atoms with Crippen molar-refractivity contribution in [2.45, 2.75) is 0 Å². The van der Waals surface area contributed by atoms with Crippen LogP contribution in [0.15, 0.2) is 12.1 Å². The van der Waals surface area contributed by atoms with Crippen molar-refractivity contribution in [2.24, 2.45) is 0 Å². The molecule has 0 aliphatic carbocycles. The van der Waals surface area contributed by atoms with Gasteiger partial charge in [0, 0.05) is 10.7 Å². The van der Waals surface area contributed by atoms with E-state index >= 15 is 0 Å². The van der Waals surface area contributed by atoms with E-state index in [-0.39, 0.29) is 5.91 Å². The molecule has 1 aromatic rings. The highest BCUT2D eigenvalue weighted by Gasteiger charge is 2.12. The van der Waals surface area contributed by atoms with Crippen molar-refractivity contribution < 1.29 is 9.63 Å². The normalized spacial score (nSPS) is 10.0. The van der Waals surface area contributed by atoms with E-state index < -0.39 is 0 Å². The molecule has 0 spiro atoms. The number of rotatable bonds is 2. The van der Waals surface area contributed by atoms with Crippen LogP contribution in [0, 0.1) is 10.7 Å². The SMILES string of the molecule is CONC(=O)c1cc(I)cc(I)c1I. The first-order valence-corrected chi connectivity index (χ1v) is 6.77. The van der Waals surface area contributed by atoms with Gasteiger partial charge in [-0.25, -0.2) is 5.48 Å². The largest absolute Gasteiger partial charge is 0.277 e. The van der Waals surface area contributed by atoms with Crippen LogP contribution in [0.25, 0.3) is 0 Å². The Bertz CT molecular complexity index is 368. The monoisotopic (exact) mass is 529 g/mol. The molecule has 0 saturated heterocycles. The number of hydroxylamine groups is 1. The second kappa shape index (κ2) is 5.80. The fraction of sp³-hybridized carbons (Fsp3) is 0.125. The molecule has 0 heterocycles. The van der Waals surface area contributed by atoms with Crippen LogP contribution in [-0.4, -0.2) is 13.0 Å². The van der Waals surface area contributed by atoms with Crippen LogP contribution in [0.3, 0.4) is 0 Å². The Morgan fingerprint density at radius 2 is 2.00 bits per heavy atom. The summed E-state index contributed by atoms with van der Waals surface area (Å²) in [5.41, 5.74) is 2.95. The van der Waals surface area contributed by atoms with Gasteiger partial charge in [-0.3, -0.25) is 9.63 Å². The average Bonchev–Trinajstić information content (AvgIpc) is 2.11. The molecule has 0 bridgehead atoms. The number of hydrogen-bond donors (Lipinski definition) is 1. The molecular formula is C8H6I3NO2. The molecule has 0 fully saturated rings. The van der Waals surface area contributed by atoms with Gasteiger partial charge in [-0.1, -0.05) is 0 Å². The predicted molar refractivity (Wildman–Crippen MR) is 79.1 cm³/mol. The Hall–Kier alpha value is 0.840. The number of benzene rings is 1. The van der Waals surface area contributed by atoms with Crippen LogP contribution in [0.1, 0.15) is 10.4 Å². The summed E-state index contributed by atoms with van der Waals surface area (Å²) >= 11 is 6.53. The van der Waals surface area contributed by atoms with Crippen molar-refractivity contribution in [3.05, 3.63) is 28.4 Å². The third kappa shape index (κ3) is 3.17. The summed E-state index contributed by atoms with van der Waals surface area (Å²) in [6, 6.07) is 3.85. The summed E-state index contributed by atoms with van der Waals surface area (Å²) in [5, 5.41) is 0. The predicted octanol–water partition coefficient (Wildman–Crippen LogP) is 2.79. The molecule has 14 heavy (non-hydrogen) atoms. The van der Waals surface area contributed by atoms with Crippen LogP contribution < -0.4 is 5.48 Å². The van der Waals surface area contributed by atoms with Crippen molar-refractivity contribution in [3.8, 4) is 0 Å². The summed E-state index contributed by atoms with van der Waals surface area (Å²) < 4.78 is 3.04. The van der Waals surface area contributed by atoms with Crippen molar-refractivity contribution >= 4 is 73.7 Å². The van der Waals surface area contributed by atoms with Gasteiger partial charge in [0.25, 0.3) is 5.91 Å². The smallest absolute Gasteiger partial charge is 0.275 e. The molecule has 6 heteroatoms.